The lowest BCUT2D eigenvalue weighted by molar-refractivity contribution is 0.101. The Morgan fingerprint density at radius 1 is 1.21 bits per heavy atom. The summed E-state index contributed by atoms with van der Waals surface area (Å²) in [5.74, 6) is 0.649. The molecule has 0 aliphatic carbocycles. The van der Waals surface area contributed by atoms with Gasteiger partial charge in [0.1, 0.15) is 5.82 Å². The molecular weight excluding hydrogens is 238 g/mol. The minimum Gasteiger partial charge on any atom is -0.384 e. The van der Waals surface area contributed by atoms with Crippen LogP contribution in [0, 0.1) is 0 Å². The van der Waals surface area contributed by atoms with Crippen molar-refractivity contribution < 1.29 is 4.79 Å². The molecule has 1 heterocycles. The van der Waals surface area contributed by atoms with E-state index in [2.05, 4.69) is 25.9 Å². The number of carbonyl (C=O) groups excluding carboxylic acids is 1. The number of nitrogen functional groups attached to an aromatic ring is 1. The fraction of sp³-hybridized carbons (Fsp3) is 0.333. The zero-order valence-electron chi connectivity index (χ0n) is 11.8. The van der Waals surface area contributed by atoms with E-state index in [0.29, 0.717) is 11.4 Å². The van der Waals surface area contributed by atoms with Crippen LogP contribution in [0.3, 0.4) is 0 Å². The molecule has 0 aliphatic rings. The molecule has 0 amide bonds. The van der Waals surface area contributed by atoms with Crippen LogP contribution in [-0.4, -0.2) is 15.6 Å². The van der Waals surface area contributed by atoms with Gasteiger partial charge in [0.25, 0.3) is 0 Å². The lowest BCUT2D eigenvalue weighted by atomic mass is 9.92. The van der Waals surface area contributed by atoms with Gasteiger partial charge >= 0.3 is 0 Å². The van der Waals surface area contributed by atoms with E-state index in [1.54, 1.807) is 23.7 Å². The van der Waals surface area contributed by atoms with Gasteiger partial charge < -0.3 is 5.73 Å². The van der Waals surface area contributed by atoms with Crippen molar-refractivity contribution in [2.75, 3.05) is 5.73 Å². The summed E-state index contributed by atoms with van der Waals surface area (Å²) in [7, 11) is 0. The Hall–Kier alpha value is -2.10. The van der Waals surface area contributed by atoms with Gasteiger partial charge in [0.05, 0.1) is 11.4 Å². The van der Waals surface area contributed by atoms with E-state index in [9.17, 15) is 4.79 Å². The van der Waals surface area contributed by atoms with Crippen molar-refractivity contribution in [1.29, 1.82) is 0 Å². The summed E-state index contributed by atoms with van der Waals surface area (Å²) in [6.45, 7) is 7.84. The third kappa shape index (κ3) is 2.67. The molecule has 0 spiro atoms. The van der Waals surface area contributed by atoms with Gasteiger partial charge in [0.15, 0.2) is 5.78 Å². The highest BCUT2D eigenvalue weighted by atomic mass is 16.1. The van der Waals surface area contributed by atoms with Gasteiger partial charge in [0.2, 0.25) is 0 Å². The van der Waals surface area contributed by atoms with Gasteiger partial charge in [-0.2, -0.15) is 5.10 Å². The average molecular weight is 257 g/mol. The van der Waals surface area contributed by atoms with Crippen LogP contribution < -0.4 is 5.73 Å². The Kier molecular flexibility index (Phi) is 3.18. The molecule has 0 aliphatic heterocycles. The van der Waals surface area contributed by atoms with Crippen molar-refractivity contribution in [3.8, 4) is 5.69 Å². The van der Waals surface area contributed by atoms with E-state index in [0.717, 1.165) is 11.4 Å². The van der Waals surface area contributed by atoms with Crippen molar-refractivity contribution in [3.05, 3.63) is 41.6 Å². The second-order valence-electron chi connectivity index (χ2n) is 5.72. The Labute approximate surface area is 113 Å². The first-order valence-corrected chi connectivity index (χ1v) is 6.26. The number of carbonyl (C=O) groups is 1. The number of anilines is 1. The second kappa shape index (κ2) is 4.53. The number of ketones is 1. The maximum Gasteiger partial charge on any atom is 0.159 e. The number of nitrogens with two attached hydrogens (primary N) is 1. The van der Waals surface area contributed by atoms with Gasteiger partial charge in [-0.1, -0.05) is 20.8 Å². The van der Waals surface area contributed by atoms with E-state index in [-0.39, 0.29) is 11.2 Å². The minimum absolute atomic E-state index is 0.0430. The molecule has 2 aromatic rings. The Bertz CT molecular complexity index is 603. The fourth-order valence-electron chi connectivity index (χ4n) is 1.81. The standard InChI is InChI=1S/C15H19N3O/c1-10(19)11-5-7-12(8-6-11)18-14(16)9-13(17-18)15(2,3)4/h5-9H,16H2,1-4H3. The number of hydrogen-bond acceptors (Lipinski definition) is 3. The molecule has 2 rings (SSSR count). The van der Waals surface area contributed by atoms with Crippen LogP contribution in [0.2, 0.25) is 0 Å². The van der Waals surface area contributed by atoms with E-state index < -0.39 is 0 Å². The van der Waals surface area contributed by atoms with E-state index in [4.69, 9.17) is 5.73 Å². The molecule has 0 unspecified atom stereocenters. The van der Waals surface area contributed by atoms with Gasteiger partial charge in [-0.3, -0.25) is 4.79 Å². The molecule has 1 aromatic carbocycles. The van der Waals surface area contributed by atoms with Crippen LogP contribution in [-0.2, 0) is 5.41 Å². The number of nitrogens with zero attached hydrogens (tertiary/aromatic N) is 2. The molecule has 4 heteroatoms. The Morgan fingerprint density at radius 3 is 2.21 bits per heavy atom. The highest BCUT2D eigenvalue weighted by molar-refractivity contribution is 5.94. The largest absolute Gasteiger partial charge is 0.384 e. The highest BCUT2D eigenvalue weighted by Crippen LogP contribution is 2.24. The summed E-state index contributed by atoms with van der Waals surface area (Å²) in [5, 5.41) is 4.53. The van der Waals surface area contributed by atoms with Crippen LogP contribution in [0.5, 0.6) is 0 Å². The van der Waals surface area contributed by atoms with Crippen LogP contribution in [0.25, 0.3) is 5.69 Å². The quantitative estimate of drug-likeness (QED) is 0.841. The summed E-state index contributed by atoms with van der Waals surface area (Å²) in [5.41, 5.74) is 8.45. The molecule has 0 saturated carbocycles. The monoisotopic (exact) mass is 257 g/mol. The van der Waals surface area contributed by atoms with Crippen molar-refractivity contribution in [2.24, 2.45) is 0 Å². The minimum atomic E-state index is -0.0430. The predicted octanol–water partition coefficient (Wildman–Crippen LogP) is 2.95. The smallest absolute Gasteiger partial charge is 0.159 e. The molecular formula is C15H19N3O. The van der Waals surface area contributed by atoms with E-state index in [1.807, 2.05) is 18.2 Å². The third-order valence-electron chi connectivity index (χ3n) is 3.02. The van der Waals surface area contributed by atoms with Crippen molar-refractivity contribution in [3.63, 3.8) is 0 Å². The maximum atomic E-state index is 11.2. The molecule has 0 bridgehead atoms. The normalized spacial score (nSPS) is 11.6. The van der Waals surface area contributed by atoms with Gasteiger partial charge in [0, 0.05) is 17.0 Å². The van der Waals surface area contributed by atoms with Crippen LogP contribution >= 0.6 is 0 Å². The molecule has 0 fully saturated rings. The second-order valence-corrected chi connectivity index (χ2v) is 5.72. The Morgan fingerprint density at radius 2 is 1.79 bits per heavy atom. The molecule has 100 valence electrons. The van der Waals surface area contributed by atoms with Crippen molar-refractivity contribution >= 4 is 11.6 Å². The lowest BCUT2D eigenvalue weighted by Crippen LogP contribution is -2.12. The summed E-state index contributed by atoms with van der Waals surface area (Å²) >= 11 is 0. The van der Waals surface area contributed by atoms with E-state index in [1.165, 1.54) is 0 Å². The number of aromatic nitrogens is 2. The first-order chi connectivity index (χ1) is 8.79. The summed E-state index contributed by atoms with van der Waals surface area (Å²) < 4.78 is 1.70. The molecule has 0 radical (unpaired) electrons. The van der Waals surface area contributed by atoms with Crippen LogP contribution in [0.1, 0.15) is 43.7 Å². The zero-order valence-corrected chi connectivity index (χ0v) is 11.8. The number of Topliss-reactive ketones (excluding diaryl/α,β-unsaturated/α-hetero) is 1. The summed E-state index contributed by atoms with van der Waals surface area (Å²) in [6, 6.07) is 9.17. The summed E-state index contributed by atoms with van der Waals surface area (Å²) in [6.07, 6.45) is 0. The molecule has 0 atom stereocenters. The Balaban J connectivity index is 2.42. The van der Waals surface area contributed by atoms with Gasteiger partial charge in [-0.25, -0.2) is 4.68 Å². The first-order valence-electron chi connectivity index (χ1n) is 6.26. The van der Waals surface area contributed by atoms with E-state index >= 15 is 0 Å². The third-order valence-corrected chi connectivity index (χ3v) is 3.02. The molecule has 2 N–H and O–H groups in total. The highest BCUT2D eigenvalue weighted by Gasteiger charge is 2.19. The summed E-state index contributed by atoms with van der Waals surface area (Å²) in [4.78, 5) is 11.2. The SMILES string of the molecule is CC(=O)c1ccc(-n2nc(C(C)(C)C)cc2N)cc1. The van der Waals surface area contributed by atoms with Crippen LogP contribution in [0.15, 0.2) is 30.3 Å². The van der Waals surface area contributed by atoms with Gasteiger partial charge in [-0.15, -0.1) is 0 Å². The number of hydrogen-bond donors (Lipinski definition) is 1. The van der Waals surface area contributed by atoms with Crippen LogP contribution in [0.4, 0.5) is 5.82 Å². The van der Waals surface area contributed by atoms with Crippen molar-refractivity contribution in [1.82, 2.24) is 9.78 Å². The fourth-order valence-corrected chi connectivity index (χ4v) is 1.81. The molecule has 19 heavy (non-hydrogen) atoms. The predicted molar refractivity (Wildman–Crippen MR) is 76.7 cm³/mol. The van der Waals surface area contributed by atoms with Gasteiger partial charge in [-0.05, 0) is 31.2 Å². The number of rotatable bonds is 2. The van der Waals surface area contributed by atoms with Crippen molar-refractivity contribution in [2.45, 2.75) is 33.1 Å². The maximum absolute atomic E-state index is 11.2. The average Bonchev–Trinajstić information content (AvgIpc) is 2.71. The number of benzene rings is 1. The molecule has 1 aromatic heterocycles. The first kappa shape index (κ1) is 13.3. The topological polar surface area (TPSA) is 60.9 Å². The zero-order chi connectivity index (χ0) is 14.2. The lowest BCUT2D eigenvalue weighted by Gasteiger charge is -2.14. The molecule has 0 saturated heterocycles. The molecule has 4 nitrogen and oxygen atoms in total.